The van der Waals surface area contributed by atoms with E-state index in [9.17, 15) is 4.79 Å². The van der Waals surface area contributed by atoms with E-state index in [1.54, 1.807) is 12.1 Å². The normalized spacial score (nSPS) is 19.0. The Balaban J connectivity index is 1.36. The summed E-state index contributed by atoms with van der Waals surface area (Å²) in [7, 11) is 0. The van der Waals surface area contributed by atoms with Crippen LogP contribution in [0.5, 0.6) is 0 Å². The van der Waals surface area contributed by atoms with E-state index in [-0.39, 0.29) is 5.91 Å². The number of carbonyl (C=O) groups is 1. The molecule has 132 valence electrons. The summed E-state index contributed by atoms with van der Waals surface area (Å²) in [5, 5.41) is 4.57. The molecule has 2 heterocycles. The molecule has 1 aliphatic carbocycles. The lowest BCUT2D eigenvalue weighted by Crippen LogP contribution is -2.35. The molecule has 1 aromatic heterocycles. The van der Waals surface area contributed by atoms with E-state index in [2.05, 4.69) is 15.0 Å². The Labute approximate surface area is 151 Å². The minimum Gasteiger partial charge on any atom is -0.338 e. The third-order valence-electron chi connectivity index (χ3n) is 4.77. The van der Waals surface area contributed by atoms with Crippen molar-refractivity contribution in [3.63, 3.8) is 0 Å². The maximum Gasteiger partial charge on any atom is 0.255 e. The van der Waals surface area contributed by atoms with Crippen LogP contribution < -0.4 is 0 Å². The fourth-order valence-electron chi connectivity index (χ4n) is 3.17. The van der Waals surface area contributed by atoms with E-state index in [1.807, 2.05) is 17.0 Å². The molecule has 0 unspecified atom stereocenters. The van der Waals surface area contributed by atoms with E-state index in [0.717, 1.165) is 31.9 Å². The summed E-state index contributed by atoms with van der Waals surface area (Å²) in [5.41, 5.74) is 0.573. The quantitative estimate of drug-likeness (QED) is 0.838. The summed E-state index contributed by atoms with van der Waals surface area (Å²) in [6.45, 7) is 3.75. The van der Waals surface area contributed by atoms with Gasteiger partial charge in [-0.2, -0.15) is 4.98 Å². The van der Waals surface area contributed by atoms with E-state index in [4.69, 9.17) is 16.1 Å². The van der Waals surface area contributed by atoms with Crippen LogP contribution in [-0.2, 0) is 6.54 Å². The van der Waals surface area contributed by atoms with E-state index in [1.165, 1.54) is 12.8 Å². The number of hydrogen-bond donors (Lipinski definition) is 0. The summed E-state index contributed by atoms with van der Waals surface area (Å²) in [6, 6.07) is 7.22. The van der Waals surface area contributed by atoms with Crippen molar-refractivity contribution < 1.29 is 9.32 Å². The van der Waals surface area contributed by atoms with Crippen molar-refractivity contribution in [1.29, 1.82) is 0 Å². The molecule has 0 bridgehead atoms. The summed E-state index contributed by atoms with van der Waals surface area (Å²) in [5.74, 6) is 2.03. The second-order valence-corrected chi connectivity index (χ2v) is 7.13. The van der Waals surface area contributed by atoms with Crippen LogP contribution >= 0.6 is 11.6 Å². The smallest absolute Gasteiger partial charge is 0.255 e. The summed E-state index contributed by atoms with van der Waals surface area (Å²) in [4.78, 5) is 21.3. The van der Waals surface area contributed by atoms with Gasteiger partial charge in [-0.1, -0.05) is 28.9 Å². The molecule has 6 nitrogen and oxygen atoms in total. The molecule has 1 saturated carbocycles. The van der Waals surface area contributed by atoms with Gasteiger partial charge in [-0.25, -0.2) is 0 Å². The molecule has 0 atom stereocenters. The van der Waals surface area contributed by atoms with Crippen molar-refractivity contribution in [2.24, 2.45) is 0 Å². The van der Waals surface area contributed by atoms with Crippen molar-refractivity contribution in [3.05, 3.63) is 46.6 Å². The first-order valence-corrected chi connectivity index (χ1v) is 9.17. The molecular weight excluding hydrogens is 340 g/mol. The zero-order valence-corrected chi connectivity index (χ0v) is 14.8. The maximum absolute atomic E-state index is 12.7. The fourth-order valence-corrected chi connectivity index (χ4v) is 3.38. The molecule has 1 aliphatic heterocycles. The molecule has 0 radical (unpaired) electrons. The molecule has 2 aromatic rings. The second kappa shape index (κ2) is 7.14. The van der Waals surface area contributed by atoms with Crippen molar-refractivity contribution in [2.45, 2.75) is 31.7 Å². The van der Waals surface area contributed by atoms with Crippen molar-refractivity contribution in [1.82, 2.24) is 19.9 Å². The highest BCUT2D eigenvalue weighted by Gasteiger charge is 2.29. The Morgan fingerprint density at radius 3 is 2.84 bits per heavy atom. The number of halogens is 1. The fraction of sp³-hybridized carbons (Fsp3) is 0.500. The highest BCUT2D eigenvalue weighted by Crippen LogP contribution is 2.38. The van der Waals surface area contributed by atoms with E-state index >= 15 is 0 Å². The predicted octanol–water partition coefficient (Wildman–Crippen LogP) is 2.95. The average molecular weight is 361 g/mol. The Kier molecular flexibility index (Phi) is 4.72. The van der Waals surface area contributed by atoms with Gasteiger partial charge in [0.05, 0.1) is 17.1 Å². The lowest BCUT2D eigenvalue weighted by atomic mass is 10.2. The van der Waals surface area contributed by atoms with Gasteiger partial charge in [0.15, 0.2) is 5.82 Å². The Bertz CT molecular complexity index is 759. The first-order chi connectivity index (χ1) is 12.2. The number of carbonyl (C=O) groups excluding carboxylic acids is 1. The molecule has 4 rings (SSSR count). The lowest BCUT2D eigenvalue weighted by molar-refractivity contribution is 0.0760. The van der Waals surface area contributed by atoms with Crippen molar-refractivity contribution in [2.75, 3.05) is 26.2 Å². The van der Waals surface area contributed by atoms with Gasteiger partial charge in [0.1, 0.15) is 0 Å². The standard InChI is InChI=1S/C18H21ClN4O2/c19-15-5-2-1-4-14(15)18(24)23-9-3-8-22(10-11-23)12-16-20-17(21-25-16)13-6-7-13/h1-2,4-5,13H,3,6-12H2. The predicted molar refractivity (Wildman–Crippen MR) is 93.5 cm³/mol. The topological polar surface area (TPSA) is 62.5 Å². The number of nitrogens with zero attached hydrogens (tertiary/aromatic N) is 4. The molecule has 2 fully saturated rings. The zero-order valence-electron chi connectivity index (χ0n) is 14.0. The lowest BCUT2D eigenvalue weighted by Gasteiger charge is -2.21. The van der Waals surface area contributed by atoms with Gasteiger partial charge >= 0.3 is 0 Å². The van der Waals surface area contributed by atoms with Gasteiger partial charge in [-0.15, -0.1) is 0 Å². The number of rotatable bonds is 4. The minimum atomic E-state index is 0.00117. The van der Waals surface area contributed by atoms with Crippen molar-refractivity contribution in [3.8, 4) is 0 Å². The Morgan fingerprint density at radius 1 is 1.20 bits per heavy atom. The van der Waals surface area contributed by atoms with Crippen molar-refractivity contribution >= 4 is 17.5 Å². The van der Waals surface area contributed by atoms with Crippen LogP contribution in [0.25, 0.3) is 0 Å². The maximum atomic E-state index is 12.7. The third kappa shape index (κ3) is 3.85. The van der Waals surface area contributed by atoms with Crippen LogP contribution in [-0.4, -0.2) is 52.0 Å². The van der Waals surface area contributed by atoms with Crippen LogP contribution in [0.4, 0.5) is 0 Å². The van der Waals surface area contributed by atoms with Crippen LogP contribution in [0.1, 0.15) is 47.3 Å². The molecule has 0 N–H and O–H groups in total. The van der Waals surface area contributed by atoms with Crippen LogP contribution in [0, 0.1) is 0 Å². The number of amides is 1. The Morgan fingerprint density at radius 2 is 2.04 bits per heavy atom. The summed E-state index contributed by atoms with van der Waals surface area (Å²) in [6.07, 6.45) is 3.25. The minimum absolute atomic E-state index is 0.00117. The molecule has 0 spiro atoms. The molecule has 25 heavy (non-hydrogen) atoms. The first kappa shape index (κ1) is 16.5. The number of benzene rings is 1. The van der Waals surface area contributed by atoms with Gasteiger partial charge in [0.25, 0.3) is 5.91 Å². The SMILES string of the molecule is O=C(c1ccccc1Cl)N1CCCN(Cc2nc(C3CC3)no2)CC1. The largest absolute Gasteiger partial charge is 0.338 e. The highest BCUT2D eigenvalue weighted by molar-refractivity contribution is 6.33. The van der Waals surface area contributed by atoms with Gasteiger partial charge in [0, 0.05) is 32.1 Å². The van der Waals surface area contributed by atoms with Gasteiger partial charge < -0.3 is 9.42 Å². The van der Waals surface area contributed by atoms with Crippen LogP contribution in [0.2, 0.25) is 5.02 Å². The van der Waals surface area contributed by atoms with E-state index in [0.29, 0.717) is 35.5 Å². The van der Waals surface area contributed by atoms with Gasteiger partial charge in [-0.05, 0) is 31.4 Å². The molecule has 1 aromatic carbocycles. The summed E-state index contributed by atoms with van der Waals surface area (Å²) < 4.78 is 5.37. The van der Waals surface area contributed by atoms with Crippen LogP contribution in [0.3, 0.4) is 0 Å². The molecule has 1 saturated heterocycles. The molecule has 7 heteroatoms. The highest BCUT2D eigenvalue weighted by atomic mass is 35.5. The Hall–Kier alpha value is -1.92. The molecule has 2 aliphatic rings. The van der Waals surface area contributed by atoms with E-state index < -0.39 is 0 Å². The van der Waals surface area contributed by atoms with Gasteiger partial charge in [-0.3, -0.25) is 9.69 Å². The first-order valence-electron chi connectivity index (χ1n) is 8.79. The number of hydrogen-bond acceptors (Lipinski definition) is 5. The average Bonchev–Trinajstić information content (AvgIpc) is 3.40. The van der Waals surface area contributed by atoms with Crippen LogP contribution in [0.15, 0.2) is 28.8 Å². The third-order valence-corrected chi connectivity index (χ3v) is 5.09. The molecule has 1 amide bonds. The van der Waals surface area contributed by atoms with Gasteiger partial charge in [0.2, 0.25) is 5.89 Å². The zero-order chi connectivity index (χ0) is 17.2. The monoisotopic (exact) mass is 360 g/mol. The molecular formula is C18H21ClN4O2. The number of aromatic nitrogens is 2. The summed E-state index contributed by atoms with van der Waals surface area (Å²) >= 11 is 6.16. The second-order valence-electron chi connectivity index (χ2n) is 6.72.